The van der Waals surface area contributed by atoms with Crippen molar-refractivity contribution in [2.75, 3.05) is 0 Å². The third-order valence-corrected chi connectivity index (χ3v) is 4.68. The third-order valence-electron chi connectivity index (χ3n) is 2.35. The second kappa shape index (κ2) is 4.33. The van der Waals surface area contributed by atoms with Gasteiger partial charge in [0.2, 0.25) is 0 Å². The molecule has 2 aromatic rings. The Morgan fingerprint density at radius 2 is 2.07 bits per heavy atom. The Hall–Kier alpha value is 0.140. The molecule has 1 aromatic carbocycles. The van der Waals surface area contributed by atoms with Crippen LogP contribution in [0.3, 0.4) is 0 Å². The zero-order valence-electron chi connectivity index (χ0n) is 7.81. The highest BCUT2D eigenvalue weighted by atomic mass is 79.9. The summed E-state index contributed by atoms with van der Waals surface area (Å²) in [7, 11) is 0. The Morgan fingerprint density at radius 3 is 2.71 bits per heavy atom. The van der Waals surface area contributed by atoms with Crippen LogP contribution in [0, 0.1) is 0 Å². The molecule has 0 radical (unpaired) electrons. The molecule has 3 heteroatoms. The lowest BCUT2D eigenvalue weighted by molar-refractivity contribution is 1.13. The van der Waals surface area contributed by atoms with Crippen molar-refractivity contribution in [1.82, 2.24) is 0 Å². The molecular weight excluding hydrogens is 324 g/mol. The van der Waals surface area contributed by atoms with Gasteiger partial charge in [0.1, 0.15) is 0 Å². The van der Waals surface area contributed by atoms with Gasteiger partial charge in [0, 0.05) is 14.5 Å². The number of benzene rings is 1. The predicted molar refractivity (Wildman–Crippen MR) is 71.5 cm³/mol. The van der Waals surface area contributed by atoms with E-state index >= 15 is 0 Å². The molecule has 0 spiro atoms. The van der Waals surface area contributed by atoms with Gasteiger partial charge in [-0.1, -0.05) is 38.8 Å². The van der Waals surface area contributed by atoms with Gasteiger partial charge in [-0.25, -0.2) is 0 Å². The summed E-state index contributed by atoms with van der Waals surface area (Å²) < 4.78 is 2.62. The molecule has 0 nitrogen and oxygen atoms in total. The van der Waals surface area contributed by atoms with E-state index in [0.29, 0.717) is 0 Å². The molecule has 0 fully saturated rings. The van der Waals surface area contributed by atoms with Crippen molar-refractivity contribution in [3.8, 4) is 0 Å². The van der Waals surface area contributed by atoms with Crippen LogP contribution in [0.2, 0.25) is 0 Å². The normalized spacial score (nSPS) is 11.1. The van der Waals surface area contributed by atoms with Gasteiger partial charge >= 0.3 is 0 Å². The van der Waals surface area contributed by atoms with E-state index in [4.69, 9.17) is 0 Å². The van der Waals surface area contributed by atoms with E-state index in [1.807, 2.05) is 11.3 Å². The van der Waals surface area contributed by atoms with Crippen LogP contribution in [0.1, 0.15) is 18.1 Å². The summed E-state index contributed by atoms with van der Waals surface area (Å²) in [6, 6.07) is 4.53. The van der Waals surface area contributed by atoms with Crippen LogP contribution < -0.4 is 0 Å². The highest BCUT2D eigenvalue weighted by Gasteiger charge is 2.06. The van der Waals surface area contributed by atoms with Gasteiger partial charge in [0.25, 0.3) is 0 Å². The highest BCUT2D eigenvalue weighted by molar-refractivity contribution is 9.10. The molecule has 14 heavy (non-hydrogen) atoms. The van der Waals surface area contributed by atoms with Gasteiger partial charge in [-0.3, -0.25) is 0 Å². The number of hydrogen-bond donors (Lipinski definition) is 0. The second-order valence-electron chi connectivity index (χ2n) is 3.19. The van der Waals surface area contributed by atoms with Gasteiger partial charge in [0.05, 0.1) is 0 Å². The Kier molecular flexibility index (Phi) is 3.30. The molecule has 74 valence electrons. The number of rotatable bonds is 2. The van der Waals surface area contributed by atoms with Crippen molar-refractivity contribution in [3.05, 3.63) is 33.1 Å². The number of fused-ring (bicyclic) bond motifs is 1. The van der Waals surface area contributed by atoms with Gasteiger partial charge < -0.3 is 0 Å². The van der Waals surface area contributed by atoms with Crippen LogP contribution in [-0.2, 0) is 11.8 Å². The summed E-state index contributed by atoms with van der Waals surface area (Å²) in [6.07, 6.45) is 1.08. The first-order chi connectivity index (χ1) is 6.76. The lowest BCUT2D eigenvalue weighted by atomic mass is 10.1. The fourth-order valence-electron chi connectivity index (χ4n) is 1.52. The van der Waals surface area contributed by atoms with E-state index in [-0.39, 0.29) is 0 Å². The van der Waals surface area contributed by atoms with E-state index in [2.05, 4.69) is 56.3 Å². The predicted octanol–water partition coefficient (Wildman–Crippen LogP) is 5.12. The lowest BCUT2D eigenvalue weighted by Crippen LogP contribution is -1.82. The molecule has 0 aliphatic heterocycles. The van der Waals surface area contributed by atoms with Gasteiger partial charge in [-0.2, -0.15) is 0 Å². The summed E-state index contributed by atoms with van der Waals surface area (Å²) in [6.45, 7) is 2.19. The van der Waals surface area contributed by atoms with Crippen LogP contribution in [0.15, 0.2) is 22.0 Å². The van der Waals surface area contributed by atoms with Crippen molar-refractivity contribution in [1.29, 1.82) is 0 Å². The number of alkyl halides is 1. The average molecular weight is 334 g/mol. The van der Waals surface area contributed by atoms with Gasteiger partial charge in [-0.15, -0.1) is 11.3 Å². The Labute approximate surface area is 105 Å². The largest absolute Gasteiger partial charge is 0.143 e. The molecular formula is C11H10Br2S. The number of aryl methyl sites for hydroxylation is 1. The summed E-state index contributed by atoms with van der Waals surface area (Å²) in [5.41, 5.74) is 2.77. The maximum Gasteiger partial charge on any atom is 0.0349 e. The van der Waals surface area contributed by atoms with Crippen LogP contribution in [0.25, 0.3) is 10.1 Å². The van der Waals surface area contributed by atoms with Gasteiger partial charge in [-0.05, 0) is 40.4 Å². The first-order valence-electron chi connectivity index (χ1n) is 4.50. The molecule has 0 atom stereocenters. The smallest absolute Gasteiger partial charge is 0.0349 e. The van der Waals surface area contributed by atoms with Crippen molar-refractivity contribution in [2.24, 2.45) is 0 Å². The maximum absolute atomic E-state index is 3.61. The first-order valence-corrected chi connectivity index (χ1v) is 7.30. The van der Waals surface area contributed by atoms with E-state index in [1.165, 1.54) is 25.7 Å². The van der Waals surface area contributed by atoms with Crippen molar-refractivity contribution < 1.29 is 0 Å². The molecule has 0 saturated carbocycles. The minimum atomic E-state index is 0.935. The summed E-state index contributed by atoms with van der Waals surface area (Å²) >= 11 is 8.95. The zero-order chi connectivity index (χ0) is 10.1. The van der Waals surface area contributed by atoms with Crippen molar-refractivity contribution in [3.63, 3.8) is 0 Å². The zero-order valence-corrected chi connectivity index (χ0v) is 11.8. The summed E-state index contributed by atoms with van der Waals surface area (Å²) in [5.74, 6) is 0. The Morgan fingerprint density at radius 1 is 1.29 bits per heavy atom. The van der Waals surface area contributed by atoms with E-state index in [1.54, 1.807) is 0 Å². The SMILES string of the molecule is CCc1cc2scc(CBr)c2cc1Br. The van der Waals surface area contributed by atoms with Crippen LogP contribution in [0.4, 0.5) is 0 Å². The average Bonchev–Trinajstić information content (AvgIpc) is 2.58. The molecule has 0 aliphatic rings. The fourth-order valence-corrected chi connectivity index (χ4v) is 3.83. The molecule has 0 bridgehead atoms. The minimum Gasteiger partial charge on any atom is -0.143 e. The third kappa shape index (κ3) is 1.77. The topological polar surface area (TPSA) is 0 Å². The molecule has 0 amide bonds. The molecule has 0 saturated heterocycles. The monoisotopic (exact) mass is 332 g/mol. The molecule has 0 unspecified atom stereocenters. The quantitative estimate of drug-likeness (QED) is 0.669. The van der Waals surface area contributed by atoms with Crippen LogP contribution >= 0.6 is 43.2 Å². The van der Waals surface area contributed by atoms with Crippen molar-refractivity contribution in [2.45, 2.75) is 18.7 Å². The van der Waals surface area contributed by atoms with Crippen molar-refractivity contribution >= 4 is 53.3 Å². The summed E-state index contributed by atoms with van der Waals surface area (Å²) in [4.78, 5) is 0. The molecule has 2 rings (SSSR count). The van der Waals surface area contributed by atoms with Gasteiger partial charge in [0.15, 0.2) is 0 Å². The Balaban J connectivity index is 2.69. The number of halogens is 2. The molecule has 1 aromatic heterocycles. The van der Waals surface area contributed by atoms with Crippen LogP contribution in [-0.4, -0.2) is 0 Å². The standard InChI is InChI=1S/C11H10Br2S/c1-2-7-3-11-9(4-10(7)13)8(5-12)6-14-11/h3-4,6H,2,5H2,1H3. The maximum atomic E-state index is 3.61. The minimum absolute atomic E-state index is 0.935. The summed E-state index contributed by atoms with van der Waals surface area (Å²) in [5, 5.41) is 4.53. The Bertz CT molecular complexity index is 460. The van der Waals surface area contributed by atoms with E-state index < -0.39 is 0 Å². The second-order valence-corrected chi connectivity index (χ2v) is 5.51. The lowest BCUT2D eigenvalue weighted by Gasteiger charge is -2.02. The van der Waals surface area contributed by atoms with E-state index in [9.17, 15) is 0 Å². The van der Waals surface area contributed by atoms with Crippen LogP contribution in [0.5, 0.6) is 0 Å². The highest BCUT2D eigenvalue weighted by Crippen LogP contribution is 2.32. The van der Waals surface area contributed by atoms with E-state index in [0.717, 1.165) is 11.8 Å². The molecule has 1 heterocycles. The molecule has 0 N–H and O–H groups in total. The fraction of sp³-hybridized carbons (Fsp3) is 0.273. The number of thiophene rings is 1. The first kappa shape index (κ1) is 10.7. The molecule has 0 aliphatic carbocycles. The number of hydrogen-bond acceptors (Lipinski definition) is 1.